The summed E-state index contributed by atoms with van der Waals surface area (Å²) in [6, 6.07) is 65.5. The molecule has 62 heavy (non-hydrogen) atoms. The fraction of sp³-hybridized carbons (Fsp3) is 0. The maximum Gasteiger partial charge on any atom is 0.238 e. The first-order chi connectivity index (χ1) is 30.6. The SMILES string of the molecule is Fc1ccc(-c2cc(-n3c4ccccc4c4ccc5c6ccccc6n(-c6nc(-c7ccccc7)nc(-c7ccc8ccccc8c7)n6)c5c43)cc3c2oc2ccccc23)cc1. The summed E-state index contributed by atoms with van der Waals surface area (Å²) in [6.07, 6.45) is 0. The number of benzene rings is 9. The van der Waals surface area contributed by atoms with Crippen molar-refractivity contribution in [1.82, 2.24) is 24.1 Å². The summed E-state index contributed by atoms with van der Waals surface area (Å²) in [6.45, 7) is 0. The standard InChI is InChI=1S/C55H32FN5O/c56-38-26-24-34(25-27-38)45-31-39(32-46-42-18-8-11-21-49(42)62-52(45)46)60-47-19-9-6-16-40(47)43-28-29-44-41-17-7-10-20-48(41)61(51(44)50(43)60)55-58-53(35-13-2-1-3-14-35)57-54(59-55)37-23-22-33-12-4-5-15-36(33)30-37/h1-32H. The van der Waals surface area contributed by atoms with Crippen LogP contribution in [-0.2, 0) is 0 Å². The van der Waals surface area contributed by atoms with E-state index in [0.717, 1.165) is 104 Å². The van der Waals surface area contributed by atoms with Crippen LogP contribution in [0.4, 0.5) is 4.39 Å². The summed E-state index contributed by atoms with van der Waals surface area (Å²) in [5, 5.41) is 8.59. The van der Waals surface area contributed by atoms with E-state index in [1.165, 1.54) is 12.1 Å². The van der Waals surface area contributed by atoms with Crippen LogP contribution in [0, 0.1) is 5.82 Å². The van der Waals surface area contributed by atoms with E-state index in [4.69, 9.17) is 19.4 Å². The molecule has 4 heterocycles. The van der Waals surface area contributed by atoms with E-state index >= 15 is 0 Å². The molecule has 4 aromatic heterocycles. The number of furan rings is 1. The van der Waals surface area contributed by atoms with Crippen molar-refractivity contribution in [2.45, 2.75) is 0 Å². The molecule has 13 rings (SSSR count). The van der Waals surface area contributed by atoms with Gasteiger partial charge in [-0.15, -0.1) is 0 Å². The number of halogens is 1. The van der Waals surface area contributed by atoms with Gasteiger partial charge >= 0.3 is 0 Å². The van der Waals surface area contributed by atoms with Crippen LogP contribution in [0.2, 0.25) is 0 Å². The largest absolute Gasteiger partial charge is 0.455 e. The van der Waals surface area contributed by atoms with Gasteiger partial charge in [-0.1, -0.05) is 146 Å². The van der Waals surface area contributed by atoms with Crippen molar-refractivity contribution >= 4 is 76.3 Å². The van der Waals surface area contributed by atoms with Crippen LogP contribution in [0.25, 0.3) is 122 Å². The minimum absolute atomic E-state index is 0.291. The average molecular weight is 798 g/mol. The molecule has 0 aliphatic carbocycles. The van der Waals surface area contributed by atoms with E-state index in [-0.39, 0.29) is 5.82 Å². The van der Waals surface area contributed by atoms with Gasteiger partial charge in [0, 0.05) is 54.7 Å². The Morgan fingerprint density at radius 3 is 1.76 bits per heavy atom. The first kappa shape index (κ1) is 34.4. The lowest BCUT2D eigenvalue weighted by Gasteiger charge is -2.14. The van der Waals surface area contributed by atoms with E-state index in [9.17, 15) is 4.39 Å². The van der Waals surface area contributed by atoms with E-state index in [1.807, 2.05) is 60.7 Å². The van der Waals surface area contributed by atoms with Crippen LogP contribution < -0.4 is 0 Å². The Balaban J connectivity index is 1.17. The van der Waals surface area contributed by atoms with Crippen molar-refractivity contribution in [3.63, 3.8) is 0 Å². The molecule has 0 saturated carbocycles. The number of hydrogen-bond donors (Lipinski definition) is 0. The molecule has 7 heteroatoms. The molecule has 9 aromatic carbocycles. The molecule has 0 unspecified atom stereocenters. The van der Waals surface area contributed by atoms with Crippen molar-refractivity contribution in [3.05, 3.63) is 200 Å². The van der Waals surface area contributed by atoms with Crippen LogP contribution in [0.3, 0.4) is 0 Å². The highest BCUT2D eigenvalue weighted by atomic mass is 19.1. The molecule has 0 bridgehead atoms. The van der Waals surface area contributed by atoms with Crippen LogP contribution in [-0.4, -0.2) is 24.1 Å². The van der Waals surface area contributed by atoms with Gasteiger partial charge in [0.1, 0.15) is 17.0 Å². The molecule has 0 spiro atoms. The Labute approximate surface area is 353 Å². The maximum atomic E-state index is 14.4. The monoisotopic (exact) mass is 797 g/mol. The van der Waals surface area contributed by atoms with Gasteiger partial charge in [-0.25, -0.2) is 9.37 Å². The number of para-hydroxylation sites is 3. The lowest BCUT2D eigenvalue weighted by atomic mass is 10.0. The Hall–Kier alpha value is -8.42. The number of fused-ring (bicyclic) bond motifs is 11. The highest BCUT2D eigenvalue weighted by Crippen LogP contribution is 2.44. The first-order valence-electron chi connectivity index (χ1n) is 20.6. The lowest BCUT2D eigenvalue weighted by molar-refractivity contribution is 0.628. The van der Waals surface area contributed by atoms with E-state index < -0.39 is 0 Å². The molecule has 0 fully saturated rings. The second-order valence-corrected chi connectivity index (χ2v) is 15.7. The summed E-state index contributed by atoms with van der Waals surface area (Å²) in [4.78, 5) is 15.8. The minimum Gasteiger partial charge on any atom is -0.455 e. The Bertz CT molecular complexity index is 3940. The minimum atomic E-state index is -0.291. The summed E-state index contributed by atoms with van der Waals surface area (Å²) < 4.78 is 25.6. The Kier molecular flexibility index (Phi) is 7.39. The van der Waals surface area contributed by atoms with Gasteiger partial charge in [-0.3, -0.25) is 4.57 Å². The molecule has 0 aliphatic heterocycles. The third-order valence-corrected chi connectivity index (χ3v) is 12.2. The number of aromatic nitrogens is 5. The fourth-order valence-corrected chi connectivity index (χ4v) is 9.40. The van der Waals surface area contributed by atoms with Crippen LogP contribution in [0.5, 0.6) is 0 Å². The van der Waals surface area contributed by atoms with Gasteiger partial charge in [0.05, 0.1) is 22.1 Å². The van der Waals surface area contributed by atoms with Gasteiger partial charge in [-0.2, -0.15) is 9.97 Å². The van der Waals surface area contributed by atoms with Crippen molar-refractivity contribution in [2.24, 2.45) is 0 Å². The number of nitrogens with zero attached hydrogens (tertiary/aromatic N) is 5. The predicted molar refractivity (Wildman–Crippen MR) is 250 cm³/mol. The molecule has 0 saturated heterocycles. The summed E-state index contributed by atoms with van der Waals surface area (Å²) in [5.74, 6) is 1.39. The second kappa shape index (κ2) is 13.3. The molecule has 0 radical (unpaired) electrons. The normalized spacial score (nSPS) is 12.0. The number of rotatable bonds is 5. The van der Waals surface area contributed by atoms with Gasteiger partial charge in [0.25, 0.3) is 0 Å². The van der Waals surface area contributed by atoms with E-state index in [1.54, 1.807) is 0 Å². The molecule has 0 aliphatic rings. The smallest absolute Gasteiger partial charge is 0.238 e. The topological polar surface area (TPSA) is 61.7 Å². The van der Waals surface area contributed by atoms with Crippen LogP contribution >= 0.6 is 0 Å². The molecule has 13 aromatic rings. The first-order valence-corrected chi connectivity index (χ1v) is 20.6. The molecule has 0 amide bonds. The van der Waals surface area contributed by atoms with Crippen molar-refractivity contribution < 1.29 is 8.81 Å². The molecule has 0 N–H and O–H groups in total. The van der Waals surface area contributed by atoms with Crippen molar-refractivity contribution in [2.75, 3.05) is 0 Å². The summed E-state index contributed by atoms with van der Waals surface area (Å²) in [5.41, 5.74) is 10.0. The highest BCUT2D eigenvalue weighted by Gasteiger charge is 2.25. The average Bonchev–Trinajstić information content (AvgIpc) is 3.99. The molecule has 6 nitrogen and oxygen atoms in total. The Morgan fingerprint density at radius 2 is 1.00 bits per heavy atom. The molecular weight excluding hydrogens is 766 g/mol. The van der Waals surface area contributed by atoms with Gasteiger partial charge < -0.3 is 8.98 Å². The second-order valence-electron chi connectivity index (χ2n) is 15.7. The van der Waals surface area contributed by atoms with Gasteiger partial charge in [0.2, 0.25) is 5.95 Å². The third-order valence-electron chi connectivity index (χ3n) is 12.2. The van der Waals surface area contributed by atoms with Gasteiger partial charge in [0.15, 0.2) is 11.6 Å². The van der Waals surface area contributed by atoms with E-state index in [0.29, 0.717) is 17.6 Å². The lowest BCUT2D eigenvalue weighted by Crippen LogP contribution is -2.07. The quantitative estimate of drug-likeness (QED) is 0.174. The maximum absolute atomic E-state index is 14.4. The van der Waals surface area contributed by atoms with Crippen molar-refractivity contribution in [3.8, 4) is 45.5 Å². The molecule has 0 atom stereocenters. The summed E-state index contributed by atoms with van der Waals surface area (Å²) >= 11 is 0. The van der Waals surface area contributed by atoms with Crippen LogP contribution in [0.1, 0.15) is 0 Å². The zero-order valence-corrected chi connectivity index (χ0v) is 33.0. The number of hydrogen-bond acceptors (Lipinski definition) is 4. The van der Waals surface area contributed by atoms with E-state index in [2.05, 4.69) is 130 Å². The Morgan fingerprint density at radius 1 is 0.403 bits per heavy atom. The van der Waals surface area contributed by atoms with Gasteiger partial charge in [-0.05, 0) is 64.9 Å². The highest BCUT2D eigenvalue weighted by molar-refractivity contribution is 6.24. The molecular formula is C55H32FN5O. The zero-order valence-electron chi connectivity index (χ0n) is 33.0. The van der Waals surface area contributed by atoms with Crippen molar-refractivity contribution in [1.29, 1.82) is 0 Å². The van der Waals surface area contributed by atoms with Crippen LogP contribution in [0.15, 0.2) is 199 Å². The summed E-state index contributed by atoms with van der Waals surface area (Å²) in [7, 11) is 0. The predicted octanol–water partition coefficient (Wildman–Crippen LogP) is 14.3. The zero-order chi connectivity index (χ0) is 40.9. The molecule has 290 valence electrons. The fourth-order valence-electron chi connectivity index (χ4n) is 9.40. The third kappa shape index (κ3) is 5.18.